The Hall–Kier alpha value is -3.92. The fraction of sp³-hybridized carbons (Fsp3) is 0.385. The summed E-state index contributed by atoms with van der Waals surface area (Å²) < 4.78 is 5.41. The number of benzene rings is 2. The third-order valence-electron chi connectivity index (χ3n) is 6.06. The van der Waals surface area contributed by atoms with Gasteiger partial charge in [0.15, 0.2) is 0 Å². The molecule has 2 atom stereocenters. The normalized spacial score (nSPS) is 13.6. The Balaban J connectivity index is 1.51. The third kappa shape index (κ3) is 6.82. The number of rotatable bonds is 12. The maximum atomic E-state index is 12.4. The molecule has 0 radical (unpaired) electrons. The minimum Gasteiger partial charge on any atom is -0.480 e. The zero-order chi connectivity index (χ0) is 26.1. The molecule has 0 aromatic heterocycles. The van der Waals surface area contributed by atoms with Crippen molar-refractivity contribution in [2.45, 2.75) is 44.2 Å². The summed E-state index contributed by atoms with van der Waals surface area (Å²) in [7, 11) is 0. The van der Waals surface area contributed by atoms with Crippen LogP contribution in [0.3, 0.4) is 0 Å². The number of nitrogens with one attached hydrogen (secondary N) is 3. The summed E-state index contributed by atoms with van der Waals surface area (Å²) in [5, 5.41) is 16.3. The maximum Gasteiger partial charge on any atom is 0.407 e. The van der Waals surface area contributed by atoms with E-state index in [9.17, 15) is 19.2 Å². The number of carbonyl (C=O) groups is 4. The highest BCUT2D eigenvalue weighted by molar-refractivity contribution is 5.91. The van der Waals surface area contributed by atoms with Crippen molar-refractivity contribution in [1.82, 2.24) is 16.0 Å². The van der Waals surface area contributed by atoms with Crippen molar-refractivity contribution < 1.29 is 29.0 Å². The molecule has 36 heavy (non-hydrogen) atoms. The highest BCUT2D eigenvalue weighted by Gasteiger charge is 2.29. The van der Waals surface area contributed by atoms with Crippen LogP contribution in [0.5, 0.6) is 0 Å². The molecule has 0 heterocycles. The van der Waals surface area contributed by atoms with Gasteiger partial charge in [0.2, 0.25) is 11.8 Å². The summed E-state index contributed by atoms with van der Waals surface area (Å²) in [6, 6.07) is 13.9. The molecular weight excluding hydrogens is 464 g/mol. The van der Waals surface area contributed by atoms with Gasteiger partial charge in [-0.2, -0.15) is 0 Å². The van der Waals surface area contributed by atoms with E-state index in [-0.39, 0.29) is 18.9 Å². The number of carboxylic acids is 1. The van der Waals surface area contributed by atoms with E-state index in [1.165, 1.54) is 6.92 Å². The minimum atomic E-state index is -1.19. The second-order valence-corrected chi connectivity index (χ2v) is 8.65. The van der Waals surface area contributed by atoms with Gasteiger partial charge in [0.05, 0.1) is 0 Å². The number of carboxylic acid groups (broad SMARTS) is 1. The van der Waals surface area contributed by atoms with Crippen LogP contribution in [0.25, 0.3) is 11.1 Å². The van der Waals surface area contributed by atoms with E-state index >= 15 is 0 Å². The molecular formula is C26H32N4O6. The molecule has 1 aliphatic rings. The van der Waals surface area contributed by atoms with E-state index in [0.29, 0.717) is 19.4 Å². The van der Waals surface area contributed by atoms with Gasteiger partial charge in [-0.15, -0.1) is 0 Å². The van der Waals surface area contributed by atoms with Crippen LogP contribution in [0.15, 0.2) is 48.5 Å². The van der Waals surface area contributed by atoms with E-state index in [2.05, 4.69) is 16.0 Å². The quantitative estimate of drug-likeness (QED) is 0.280. The second-order valence-electron chi connectivity index (χ2n) is 8.65. The number of aliphatic carboxylic acids is 1. The molecule has 2 aromatic carbocycles. The third-order valence-corrected chi connectivity index (χ3v) is 6.06. The number of hydrogen-bond donors (Lipinski definition) is 5. The molecule has 0 fully saturated rings. The Kier molecular flexibility index (Phi) is 9.40. The monoisotopic (exact) mass is 496 g/mol. The number of unbranched alkanes of at least 4 members (excludes halogenated alkanes) is 1. The summed E-state index contributed by atoms with van der Waals surface area (Å²) in [5.74, 6) is -2.51. The molecule has 0 saturated carbocycles. The van der Waals surface area contributed by atoms with Gasteiger partial charge in [-0.25, -0.2) is 4.79 Å². The maximum absolute atomic E-state index is 12.4. The SMILES string of the molecule is C[C@H](NC(=O)[C@H](CCCCN)NC(=O)CNC(=O)OCC1c2ccccc2-c2ccccc21)C(=O)O. The van der Waals surface area contributed by atoms with Crippen LogP contribution in [0, 0.1) is 0 Å². The summed E-state index contributed by atoms with van der Waals surface area (Å²) in [6.45, 7) is 1.47. The first-order valence-electron chi connectivity index (χ1n) is 11.9. The Morgan fingerprint density at radius 1 is 0.972 bits per heavy atom. The van der Waals surface area contributed by atoms with Crippen LogP contribution < -0.4 is 21.7 Å². The zero-order valence-corrected chi connectivity index (χ0v) is 20.2. The van der Waals surface area contributed by atoms with Gasteiger partial charge in [-0.05, 0) is 55.0 Å². The Labute approximate surface area is 209 Å². The highest BCUT2D eigenvalue weighted by Crippen LogP contribution is 2.44. The van der Waals surface area contributed by atoms with Gasteiger partial charge in [0.1, 0.15) is 25.2 Å². The van der Waals surface area contributed by atoms with Gasteiger partial charge in [-0.3, -0.25) is 14.4 Å². The topological polar surface area (TPSA) is 160 Å². The predicted octanol–water partition coefficient (Wildman–Crippen LogP) is 1.73. The van der Waals surface area contributed by atoms with Crippen LogP contribution >= 0.6 is 0 Å². The Morgan fingerprint density at radius 2 is 1.58 bits per heavy atom. The highest BCUT2D eigenvalue weighted by atomic mass is 16.5. The molecule has 192 valence electrons. The average Bonchev–Trinajstić information content (AvgIpc) is 3.19. The molecule has 0 spiro atoms. The largest absolute Gasteiger partial charge is 0.480 e. The first-order chi connectivity index (χ1) is 17.3. The van der Waals surface area contributed by atoms with E-state index in [0.717, 1.165) is 22.3 Å². The summed E-state index contributed by atoms with van der Waals surface area (Å²) in [6.07, 6.45) is 0.740. The molecule has 3 amide bonds. The first kappa shape index (κ1) is 26.7. The zero-order valence-electron chi connectivity index (χ0n) is 20.2. The summed E-state index contributed by atoms with van der Waals surface area (Å²) in [4.78, 5) is 48.2. The predicted molar refractivity (Wildman–Crippen MR) is 133 cm³/mol. The number of ether oxygens (including phenoxy) is 1. The van der Waals surface area contributed by atoms with E-state index in [1.807, 2.05) is 48.5 Å². The van der Waals surface area contributed by atoms with Crippen molar-refractivity contribution in [1.29, 1.82) is 0 Å². The van der Waals surface area contributed by atoms with Crippen molar-refractivity contribution >= 4 is 23.9 Å². The lowest BCUT2D eigenvalue weighted by Gasteiger charge is -2.20. The molecule has 0 aliphatic heterocycles. The van der Waals surface area contributed by atoms with Crippen molar-refractivity contribution in [3.63, 3.8) is 0 Å². The molecule has 2 aromatic rings. The second kappa shape index (κ2) is 12.7. The van der Waals surface area contributed by atoms with Crippen LogP contribution in [-0.2, 0) is 19.1 Å². The van der Waals surface area contributed by atoms with Gasteiger partial charge in [0.25, 0.3) is 0 Å². The smallest absolute Gasteiger partial charge is 0.407 e. The lowest BCUT2D eigenvalue weighted by molar-refractivity contribution is -0.141. The standard InChI is InChI=1S/C26H32N4O6/c1-16(25(33)34)29-24(32)22(12-6-7-13-27)30-23(31)14-28-26(35)36-15-21-19-10-4-2-8-17(19)18-9-3-5-11-20(18)21/h2-5,8-11,16,21-22H,6-7,12-15,27H2,1H3,(H,28,35)(H,29,32)(H,30,31)(H,33,34)/t16-,22-/m0/s1. The van der Waals surface area contributed by atoms with Crippen LogP contribution in [0.1, 0.15) is 43.2 Å². The Morgan fingerprint density at radius 3 is 2.17 bits per heavy atom. The fourth-order valence-electron chi connectivity index (χ4n) is 4.18. The van der Waals surface area contributed by atoms with Crippen molar-refractivity contribution in [3.8, 4) is 11.1 Å². The van der Waals surface area contributed by atoms with Crippen molar-refractivity contribution in [2.75, 3.05) is 19.7 Å². The molecule has 1 aliphatic carbocycles. The van der Waals surface area contributed by atoms with Gasteiger partial charge in [0, 0.05) is 5.92 Å². The van der Waals surface area contributed by atoms with E-state index in [4.69, 9.17) is 15.6 Å². The molecule has 10 heteroatoms. The van der Waals surface area contributed by atoms with Crippen LogP contribution in [-0.4, -0.2) is 60.8 Å². The van der Waals surface area contributed by atoms with Gasteiger partial charge in [-0.1, -0.05) is 48.5 Å². The number of fused-ring (bicyclic) bond motifs is 3. The van der Waals surface area contributed by atoms with Crippen LogP contribution in [0.2, 0.25) is 0 Å². The van der Waals surface area contributed by atoms with Crippen molar-refractivity contribution in [2.24, 2.45) is 5.73 Å². The molecule has 6 N–H and O–H groups in total. The van der Waals surface area contributed by atoms with Gasteiger partial charge >= 0.3 is 12.1 Å². The van der Waals surface area contributed by atoms with Gasteiger partial charge < -0.3 is 31.5 Å². The number of hydrogen-bond acceptors (Lipinski definition) is 6. The fourth-order valence-corrected chi connectivity index (χ4v) is 4.18. The number of nitrogens with two attached hydrogens (primary N) is 1. The number of carbonyl (C=O) groups excluding carboxylic acids is 3. The lowest BCUT2D eigenvalue weighted by Crippen LogP contribution is -2.52. The molecule has 0 saturated heterocycles. The average molecular weight is 497 g/mol. The molecule has 0 bridgehead atoms. The molecule has 10 nitrogen and oxygen atoms in total. The van der Waals surface area contributed by atoms with Crippen LogP contribution in [0.4, 0.5) is 4.79 Å². The summed E-state index contributed by atoms with van der Waals surface area (Å²) >= 11 is 0. The van der Waals surface area contributed by atoms with Crippen molar-refractivity contribution in [3.05, 3.63) is 59.7 Å². The van der Waals surface area contributed by atoms with E-state index in [1.54, 1.807) is 0 Å². The molecule has 0 unspecified atom stereocenters. The lowest BCUT2D eigenvalue weighted by atomic mass is 9.98. The van der Waals surface area contributed by atoms with E-state index < -0.39 is 42.5 Å². The summed E-state index contributed by atoms with van der Waals surface area (Å²) in [5.41, 5.74) is 9.86. The minimum absolute atomic E-state index is 0.108. The first-order valence-corrected chi connectivity index (χ1v) is 11.9. The molecule has 3 rings (SSSR count). The number of alkyl carbamates (subject to hydrolysis) is 1. The number of amides is 3. The Bertz CT molecular complexity index is 1060.